The molecule has 2 unspecified atom stereocenters. The Labute approximate surface area is 255 Å². The number of likely N-dealkylation sites (N-methyl/N-ethyl adjacent to an activating group) is 1. The summed E-state index contributed by atoms with van der Waals surface area (Å²) in [5, 5.41) is 6.10. The van der Waals surface area contributed by atoms with Crippen LogP contribution in [0.5, 0.6) is 5.75 Å². The lowest BCUT2D eigenvalue weighted by Gasteiger charge is -2.33. The number of rotatable bonds is 12. The fourth-order valence-electron chi connectivity index (χ4n) is 4.32. The van der Waals surface area contributed by atoms with Crippen LogP contribution in [0, 0.1) is 6.92 Å². The van der Waals surface area contributed by atoms with Gasteiger partial charge in [-0.2, -0.15) is 13.2 Å². The summed E-state index contributed by atoms with van der Waals surface area (Å²) in [4.78, 5) is 34.9. The molecule has 2 N–H and O–H groups in total. The van der Waals surface area contributed by atoms with Gasteiger partial charge in [0.2, 0.25) is 5.96 Å². The van der Waals surface area contributed by atoms with Gasteiger partial charge in [0.25, 0.3) is 0 Å². The van der Waals surface area contributed by atoms with Crippen molar-refractivity contribution < 1.29 is 22.7 Å². The number of anilines is 2. The molecule has 0 radical (unpaired) electrons. The van der Waals surface area contributed by atoms with Gasteiger partial charge in [-0.1, -0.05) is 12.1 Å². The minimum absolute atomic E-state index is 0.0764. The van der Waals surface area contributed by atoms with Crippen molar-refractivity contribution in [1.82, 2.24) is 9.80 Å². The van der Waals surface area contributed by atoms with E-state index in [2.05, 4.69) is 35.5 Å². The smallest absolute Gasteiger partial charge is 0.416 e. The van der Waals surface area contributed by atoms with E-state index in [4.69, 9.17) is 4.74 Å². The Bertz CT molecular complexity index is 1450. The Morgan fingerprint density at radius 1 is 1.23 bits per heavy atom. The second-order valence-electron chi connectivity index (χ2n) is 11.0. The molecule has 2 aliphatic rings. The third kappa shape index (κ3) is 9.12. The van der Waals surface area contributed by atoms with Crippen LogP contribution in [0.4, 0.5) is 24.5 Å². The van der Waals surface area contributed by atoms with Gasteiger partial charge < -0.3 is 25.2 Å². The van der Waals surface area contributed by atoms with Crippen LogP contribution in [0.3, 0.4) is 0 Å². The maximum absolute atomic E-state index is 13.5. The Morgan fingerprint density at radius 2 is 2.00 bits per heavy atom. The standard InChI is InChI=1S/C31H39F3N8O2/c1-20-7-8-23(29(43)18-35-25-14-24(31(32,33)34)15-26(16-25)44-12-11-41(4)5)13-27(20)40-22(3)37-19-38-28-17-36-30(39-21(28)2)42-9-6-10-42/h7-8,13-17,19,21-22,35,40H,6,9-12,18H2,1-5H3/b37-19-,38-28-. The number of nitrogens with one attached hydrogen (secondary N) is 2. The van der Waals surface area contributed by atoms with E-state index in [1.54, 1.807) is 24.4 Å². The fraction of sp³-hybridized carbons (Fsp3) is 0.452. The average Bonchev–Trinajstić information content (AvgIpc) is 2.92. The zero-order valence-corrected chi connectivity index (χ0v) is 25.6. The van der Waals surface area contributed by atoms with Gasteiger partial charge in [0.05, 0.1) is 30.1 Å². The zero-order chi connectivity index (χ0) is 31.9. The number of likely N-dealkylation sites (tertiary alicyclic amines) is 1. The normalized spacial score (nSPS) is 18.4. The molecule has 0 amide bonds. The Morgan fingerprint density at radius 3 is 2.66 bits per heavy atom. The summed E-state index contributed by atoms with van der Waals surface area (Å²) in [5.41, 5.74) is 2.02. The number of benzene rings is 2. The summed E-state index contributed by atoms with van der Waals surface area (Å²) in [5.74, 6) is 0.540. The molecule has 236 valence electrons. The number of nitrogens with zero attached hydrogens (tertiary/aromatic N) is 6. The largest absolute Gasteiger partial charge is 0.492 e. The van der Waals surface area contributed by atoms with E-state index in [1.807, 2.05) is 39.8 Å². The summed E-state index contributed by atoms with van der Waals surface area (Å²) in [6, 6.07) is 8.47. The van der Waals surface area contributed by atoms with Crippen molar-refractivity contribution in [2.45, 2.75) is 45.6 Å². The molecule has 10 nitrogen and oxygen atoms in total. The van der Waals surface area contributed by atoms with E-state index < -0.39 is 11.7 Å². The van der Waals surface area contributed by atoms with Crippen molar-refractivity contribution in [2.24, 2.45) is 20.0 Å². The first-order chi connectivity index (χ1) is 20.9. The van der Waals surface area contributed by atoms with Gasteiger partial charge in [-0.05, 0) is 65.0 Å². The molecule has 13 heteroatoms. The number of carbonyl (C=O) groups is 1. The van der Waals surface area contributed by atoms with Crippen molar-refractivity contribution in [3.63, 3.8) is 0 Å². The molecular weight excluding hydrogens is 573 g/mol. The van der Waals surface area contributed by atoms with E-state index in [-0.39, 0.29) is 42.6 Å². The highest BCUT2D eigenvalue weighted by Crippen LogP contribution is 2.34. The van der Waals surface area contributed by atoms with Crippen molar-refractivity contribution in [2.75, 3.05) is 57.5 Å². The SMILES string of the molecule is Cc1ccc(C(=O)CNc2cc(OCCN(C)C)cc(C(F)(F)F)c2)cc1NC(C)/N=C\N=C1\C=NC(N2CCC2)=NC1C. The molecule has 2 aliphatic heterocycles. The summed E-state index contributed by atoms with van der Waals surface area (Å²) in [6.45, 7) is 8.25. The maximum Gasteiger partial charge on any atom is 0.416 e. The molecule has 44 heavy (non-hydrogen) atoms. The molecule has 0 aromatic heterocycles. The quantitative estimate of drug-likeness (QED) is 0.198. The second kappa shape index (κ2) is 14.5. The fourth-order valence-corrected chi connectivity index (χ4v) is 4.32. The van der Waals surface area contributed by atoms with Gasteiger partial charge in [-0.3, -0.25) is 4.79 Å². The van der Waals surface area contributed by atoms with E-state index in [9.17, 15) is 18.0 Å². The number of Topliss-reactive ketones (excluding diaryl/α,β-unsaturated/α-hetero) is 1. The number of aliphatic imine (C=N–C) groups is 4. The topological polar surface area (TPSA) is 106 Å². The van der Waals surface area contributed by atoms with Gasteiger partial charge >= 0.3 is 6.18 Å². The lowest BCUT2D eigenvalue weighted by molar-refractivity contribution is -0.137. The first-order valence-corrected chi connectivity index (χ1v) is 14.5. The number of aryl methyl sites for hydroxylation is 1. The van der Waals surface area contributed by atoms with Crippen LogP contribution in [0.2, 0.25) is 0 Å². The molecular formula is C31H39F3N8O2. The van der Waals surface area contributed by atoms with Crippen LogP contribution in [-0.2, 0) is 6.18 Å². The summed E-state index contributed by atoms with van der Waals surface area (Å²) in [6.07, 6.45) is -0.558. The summed E-state index contributed by atoms with van der Waals surface area (Å²) < 4.78 is 46.0. The third-order valence-electron chi connectivity index (χ3n) is 7.10. The Kier molecular flexibility index (Phi) is 10.7. The molecule has 2 aromatic carbocycles. The van der Waals surface area contributed by atoms with Crippen LogP contribution in [0.25, 0.3) is 0 Å². The number of hydrogen-bond acceptors (Lipinski definition) is 9. The molecule has 0 aliphatic carbocycles. The highest BCUT2D eigenvalue weighted by molar-refractivity contribution is 6.37. The molecule has 0 bridgehead atoms. The van der Waals surface area contributed by atoms with Crippen LogP contribution in [0.15, 0.2) is 56.4 Å². The first kappa shape index (κ1) is 32.6. The Hall–Kier alpha value is -4.26. The molecule has 2 heterocycles. The number of guanidine groups is 1. The number of halogens is 3. The maximum atomic E-state index is 13.5. The van der Waals surface area contributed by atoms with E-state index in [0.29, 0.717) is 17.8 Å². The number of carbonyl (C=O) groups excluding carboxylic acids is 1. The van der Waals surface area contributed by atoms with Gasteiger partial charge in [0, 0.05) is 42.6 Å². The van der Waals surface area contributed by atoms with Crippen molar-refractivity contribution in [3.8, 4) is 5.75 Å². The third-order valence-corrected chi connectivity index (χ3v) is 7.10. The molecule has 2 atom stereocenters. The molecule has 1 fully saturated rings. The minimum atomic E-state index is -4.56. The van der Waals surface area contributed by atoms with E-state index >= 15 is 0 Å². The number of hydrogen-bond donors (Lipinski definition) is 2. The zero-order valence-electron chi connectivity index (χ0n) is 25.6. The number of ketones is 1. The van der Waals surface area contributed by atoms with Crippen LogP contribution in [-0.4, -0.2) is 98.9 Å². The highest BCUT2D eigenvalue weighted by Gasteiger charge is 2.31. The van der Waals surface area contributed by atoms with Crippen molar-refractivity contribution in [1.29, 1.82) is 0 Å². The number of ether oxygens (including phenoxy) is 1. The monoisotopic (exact) mass is 612 g/mol. The van der Waals surface area contributed by atoms with Gasteiger partial charge in [0.15, 0.2) is 5.78 Å². The van der Waals surface area contributed by atoms with Crippen molar-refractivity contribution >= 4 is 41.4 Å². The first-order valence-electron chi connectivity index (χ1n) is 14.5. The summed E-state index contributed by atoms with van der Waals surface area (Å²) in [7, 11) is 3.69. The average molecular weight is 613 g/mol. The van der Waals surface area contributed by atoms with Gasteiger partial charge in [-0.15, -0.1) is 0 Å². The molecule has 0 saturated carbocycles. The molecule has 4 rings (SSSR count). The highest BCUT2D eigenvalue weighted by atomic mass is 19.4. The lowest BCUT2D eigenvalue weighted by atomic mass is 10.1. The van der Waals surface area contributed by atoms with Crippen LogP contribution >= 0.6 is 0 Å². The molecule has 2 aromatic rings. The molecule has 1 saturated heterocycles. The van der Waals surface area contributed by atoms with Gasteiger partial charge in [0.1, 0.15) is 24.9 Å². The van der Waals surface area contributed by atoms with Gasteiger partial charge in [-0.25, -0.2) is 20.0 Å². The summed E-state index contributed by atoms with van der Waals surface area (Å²) >= 11 is 0. The lowest BCUT2D eigenvalue weighted by Crippen LogP contribution is -2.43. The van der Waals surface area contributed by atoms with E-state index in [1.165, 1.54) is 12.4 Å². The van der Waals surface area contributed by atoms with Crippen LogP contribution in [0.1, 0.15) is 41.8 Å². The predicted molar refractivity (Wildman–Crippen MR) is 170 cm³/mol. The van der Waals surface area contributed by atoms with E-state index in [0.717, 1.165) is 48.9 Å². The second-order valence-corrected chi connectivity index (χ2v) is 11.0. The number of alkyl halides is 3. The van der Waals surface area contributed by atoms with Crippen molar-refractivity contribution in [3.05, 3.63) is 53.1 Å². The predicted octanol–water partition coefficient (Wildman–Crippen LogP) is 5.01. The van der Waals surface area contributed by atoms with Crippen LogP contribution < -0.4 is 15.4 Å². The molecule has 0 spiro atoms. The Balaban J connectivity index is 1.36. The minimum Gasteiger partial charge on any atom is -0.492 e.